The molecule has 1 heterocycles. The zero-order valence-corrected chi connectivity index (χ0v) is 9.04. The fraction of sp³-hybridized carbons (Fsp3) is 0.300. The van der Waals surface area contributed by atoms with Crippen molar-refractivity contribution in [3.63, 3.8) is 0 Å². The van der Waals surface area contributed by atoms with Crippen LogP contribution in [-0.2, 0) is 0 Å². The summed E-state index contributed by atoms with van der Waals surface area (Å²) in [5.74, 6) is -2.04. The molecule has 0 saturated carbocycles. The van der Waals surface area contributed by atoms with Crippen molar-refractivity contribution >= 4 is 16.9 Å². The molecule has 0 amide bonds. The SMILES string of the molecule is Cc1cc2nnn(C(=O)C(F)(F)F)c2cc1C. The van der Waals surface area contributed by atoms with Gasteiger partial charge < -0.3 is 0 Å². The van der Waals surface area contributed by atoms with Crippen molar-refractivity contribution in [2.45, 2.75) is 20.0 Å². The lowest BCUT2D eigenvalue weighted by Gasteiger charge is -2.05. The number of nitrogens with zero attached hydrogens (tertiary/aromatic N) is 3. The highest BCUT2D eigenvalue weighted by molar-refractivity contribution is 5.92. The molecule has 0 atom stereocenters. The zero-order valence-electron chi connectivity index (χ0n) is 9.04. The van der Waals surface area contributed by atoms with Crippen LogP contribution in [0.5, 0.6) is 0 Å². The predicted molar refractivity (Wildman–Crippen MR) is 53.7 cm³/mol. The van der Waals surface area contributed by atoms with Crippen molar-refractivity contribution in [2.24, 2.45) is 0 Å². The molecule has 2 aromatic rings. The third kappa shape index (κ3) is 1.88. The Hall–Kier alpha value is -1.92. The quantitative estimate of drug-likeness (QED) is 0.713. The number of carbonyl (C=O) groups is 1. The van der Waals surface area contributed by atoms with Gasteiger partial charge in [0, 0.05) is 0 Å². The van der Waals surface area contributed by atoms with Crippen LogP contribution in [0, 0.1) is 13.8 Å². The second-order valence-corrected chi connectivity index (χ2v) is 3.73. The van der Waals surface area contributed by atoms with Gasteiger partial charge in [-0.25, -0.2) is 0 Å². The minimum atomic E-state index is -4.96. The largest absolute Gasteiger partial charge is 0.473 e. The fourth-order valence-electron chi connectivity index (χ4n) is 1.45. The minimum absolute atomic E-state index is 0.0652. The molecular formula is C10H8F3N3O. The van der Waals surface area contributed by atoms with Crippen LogP contribution in [0.1, 0.15) is 15.9 Å². The summed E-state index contributed by atoms with van der Waals surface area (Å²) in [6, 6.07) is 3.06. The maximum Gasteiger partial charge on any atom is 0.473 e. The Balaban J connectivity index is 2.65. The molecule has 0 spiro atoms. The standard InChI is InChI=1S/C10H8F3N3O/c1-5-3-7-8(4-6(5)2)16(15-14-7)9(17)10(11,12)13/h3-4H,1-2H3. The average Bonchev–Trinajstić information content (AvgIpc) is 2.59. The second kappa shape index (κ2) is 3.54. The number of halogens is 3. The second-order valence-electron chi connectivity index (χ2n) is 3.73. The van der Waals surface area contributed by atoms with Gasteiger partial charge in [-0.05, 0) is 37.1 Å². The van der Waals surface area contributed by atoms with Crippen molar-refractivity contribution < 1.29 is 18.0 Å². The van der Waals surface area contributed by atoms with E-state index in [-0.39, 0.29) is 15.7 Å². The third-order valence-electron chi connectivity index (χ3n) is 2.50. The Morgan fingerprint density at radius 3 is 2.41 bits per heavy atom. The molecular weight excluding hydrogens is 235 g/mol. The monoisotopic (exact) mass is 243 g/mol. The van der Waals surface area contributed by atoms with Gasteiger partial charge in [-0.1, -0.05) is 5.21 Å². The number of hydrogen-bond donors (Lipinski definition) is 0. The van der Waals surface area contributed by atoms with Crippen molar-refractivity contribution in [1.82, 2.24) is 15.0 Å². The summed E-state index contributed by atoms with van der Waals surface area (Å²) in [5.41, 5.74) is 1.99. The number of fused-ring (bicyclic) bond motifs is 1. The third-order valence-corrected chi connectivity index (χ3v) is 2.50. The summed E-state index contributed by atoms with van der Waals surface area (Å²) in [7, 11) is 0. The van der Waals surface area contributed by atoms with Crippen LogP contribution in [0.25, 0.3) is 11.0 Å². The van der Waals surface area contributed by atoms with Crippen LogP contribution < -0.4 is 0 Å². The van der Waals surface area contributed by atoms with Crippen LogP contribution in [0.3, 0.4) is 0 Å². The Labute approximate surface area is 94.0 Å². The molecule has 0 radical (unpaired) electrons. The lowest BCUT2D eigenvalue weighted by Crippen LogP contribution is -2.29. The molecule has 0 aliphatic heterocycles. The highest BCUT2D eigenvalue weighted by Gasteiger charge is 2.41. The topological polar surface area (TPSA) is 47.8 Å². The summed E-state index contributed by atoms with van der Waals surface area (Å²) < 4.78 is 37.1. The molecule has 0 aliphatic rings. The van der Waals surface area contributed by atoms with Crippen LogP contribution in [0.4, 0.5) is 13.2 Å². The van der Waals surface area contributed by atoms with Crippen LogP contribution in [0.15, 0.2) is 12.1 Å². The number of alkyl halides is 3. The number of hydrogen-bond acceptors (Lipinski definition) is 3. The predicted octanol–water partition coefficient (Wildman–Crippen LogP) is 2.25. The summed E-state index contributed by atoms with van der Waals surface area (Å²) in [5, 5.41) is 6.79. The van der Waals surface area contributed by atoms with Crippen LogP contribution in [-0.4, -0.2) is 27.1 Å². The van der Waals surface area contributed by atoms with Crippen molar-refractivity contribution in [2.75, 3.05) is 0 Å². The number of carbonyl (C=O) groups excluding carboxylic acids is 1. The number of aryl methyl sites for hydroxylation is 2. The van der Waals surface area contributed by atoms with Gasteiger partial charge in [-0.2, -0.15) is 17.9 Å². The normalized spacial score (nSPS) is 12.1. The smallest absolute Gasteiger partial charge is 0.262 e. The molecule has 17 heavy (non-hydrogen) atoms. The lowest BCUT2D eigenvalue weighted by molar-refractivity contribution is -0.0953. The molecule has 2 rings (SSSR count). The van der Waals surface area contributed by atoms with E-state index in [1.807, 2.05) is 0 Å². The molecule has 0 bridgehead atoms. The number of benzene rings is 1. The summed E-state index contributed by atoms with van der Waals surface area (Å²) in [4.78, 5) is 11.1. The van der Waals surface area contributed by atoms with E-state index in [0.29, 0.717) is 0 Å². The Kier molecular flexibility index (Phi) is 2.41. The van der Waals surface area contributed by atoms with Gasteiger partial charge >= 0.3 is 12.1 Å². The van der Waals surface area contributed by atoms with Crippen molar-refractivity contribution in [3.8, 4) is 0 Å². The van der Waals surface area contributed by atoms with Crippen LogP contribution in [0.2, 0.25) is 0 Å². The van der Waals surface area contributed by atoms with Gasteiger partial charge in [0.2, 0.25) is 0 Å². The summed E-state index contributed by atoms with van der Waals surface area (Å²) in [6.45, 7) is 3.55. The summed E-state index contributed by atoms with van der Waals surface area (Å²) in [6.07, 6.45) is -4.96. The first-order valence-corrected chi connectivity index (χ1v) is 4.75. The molecule has 1 aromatic heterocycles. The first-order valence-electron chi connectivity index (χ1n) is 4.75. The molecule has 90 valence electrons. The molecule has 0 fully saturated rings. The van der Waals surface area contributed by atoms with E-state index >= 15 is 0 Å². The molecule has 1 aromatic carbocycles. The molecule has 0 saturated heterocycles. The number of rotatable bonds is 0. The van der Waals surface area contributed by atoms with Crippen LogP contribution >= 0.6 is 0 Å². The van der Waals surface area contributed by atoms with E-state index in [0.717, 1.165) is 11.1 Å². The lowest BCUT2D eigenvalue weighted by atomic mass is 10.1. The maximum atomic E-state index is 12.3. The van der Waals surface area contributed by atoms with Gasteiger partial charge in [-0.3, -0.25) is 4.79 Å². The molecule has 0 aliphatic carbocycles. The van der Waals surface area contributed by atoms with E-state index in [1.54, 1.807) is 19.9 Å². The fourth-order valence-corrected chi connectivity index (χ4v) is 1.45. The van der Waals surface area contributed by atoms with Gasteiger partial charge in [0.15, 0.2) is 0 Å². The van der Waals surface area contributed by atoms with Gasteiger partial charge in [0.1, 0.15) is 5.52 Å². The Morgan fingerprint density at radius 1 is 1.24 bits per heavy atom. The molecule has 0 N–H and O–H groups in total. The van der Waals surface area contributed by atoms with E-state index in [1.165, 1.54) is 6.07 Å². The molecule has 7 heteroatoms. The summed E-state index contributed by atoms with van der Waals surface area (Å²) >= 11 is 0. The Morgan fingerprint density at radius 2 is 1.82 bits per heavy atom. The highest BCUT2D eigenvalue weighted by atomic mass is 19.4. The van der Waals surface area contributed by atoms with E-state index in [9.17, 15) is 18.0 Å². The first kappa shape index (κ1) is 11.6. The molecule has 0 unspecified atom stereocenters. The van der Waals surface area contributed by atoms with Gasteiger partial charge in [0.05, 0.1) is 5.52 Å². The highest BCUT2D eigenvalue weighted by Crippen LogP contribution is 2.22. The van der Waals surface area contributed by atoms with E-state index < -0.39 is 12.1 Å². The average molecular weight is 243 g/mol. The van der Waals surface area contributed by atoms with Crippen molar-refractivity contribution in [3.05, 3.63) is 23.3 Å². The van der Waals surface area contributed by atoms with Gasteiger partial charge in [-0.15, -0.1) is 5.10 Å². The zero-order chi connectivity index (χ0) is 12.8. The number of aromatic nitrogens is 3. The van der Waals surface area contributed by atoms with Crippen molar-refractivity contribution in [1.29, 1.82) is 0 Å². The molecule has 4 nitrogen and oxygen atoms in total. The maximum absolute atomic E-state index is 12.3. The van der Waals surface area contributed by atoms with Gasteiger partial charge in [0.25, 0.3) is 0 Å². The Bertz CT molecular complexity index is 601. The minimum Gasteiger partial charge on any atom is -0.262 e. The first-order chi connectivity index (χ1) is 7.80. The van der Waals surface area contributed by atoms with E-state index in [2.05, 4.69) is 10.3 Å². The van der Waals surface area contributed by atoms with E-state index in [4.69, 9.17) is 0 Å².